The van der Waals surface area contributed by atoms with Crippen LogP contribution in [-0.2, 0) is 0 Å². The van der Waals surface area contributed by atoms with Crippen LogP contribution in [-0.4, -0.2) is 21.8 Å². The summed E-state index contributed by atoms with van der Waals surface area (Å²) >= 11 is 11.0. The zero-order chi connectivity index (χ0) is 16.8. The molecule has 0 unspecified atom stereocenters. The van der Waals surface area contributed by atoms with Crippen LogP contribution in [0.5, 0.6) is 0 Å². The number of benzene rings is 1. The first-order valence-corrected chi connectivity index (χ1v) is 8.31. The van der Waals surface area contributed by atoms with Crippen molar-refractivity contribution in [2.75, 3.05) is 0 Å². The van der Waals surface area contributed by atoms with Gasteiger partial charge in [-0.15, -0.1) is 0 Å². The molecule has 0 bridgehead atoms. The number of hydrogen-bond donors (Lipinski definition) is 2. The molecule has 1 aliphatic rings. The molecule has 0 atom stereocenters. The molecule has 1 aliphatic carbocycles. The van der Waals surface area contributed by atoms with Gasteiger partial charge in [0.1, 0.15) is 5.02 Å². The van der Waals surface area contributed by atoms with E-state index in [2.05, 4.69) is 15.8 Å². The molecule has 8 heteroatoms. The van der Waals surface area contributed by atoms with Gasteiger partial charge in [0.05, 0.1) is 10.6 Å². The van der Waals surface area contributed by atoms with Crippen LogP contribution in [0.4, 0.5) is 5.69 Å². The lowest BCUT2D eigenvalue weighted by Gasteiger charge is -2.23. The van der Waals surface area contributed by atoms with Crippen molar-refractivity contribution in [3.63, 3.8) is 0 Å². The number of hydrogen-bond acceptors (Lipinski definition) is 4. The molecule has 1 saturated carbocycles. The Kier molecular flexibility index (Phi) is 6.29. The summed E-state index contributed by atoms with van der Waals surface area (Å²) < 4.78 is 0. The van der Waals surface area contributed by atoms with Crippen LogP contribution in [0.3, 0.4) is 0 Å². The zero-order valence-corrected chi connectivity index (χ0v) is 14.4. The van der Waals surface area contributed by atoms with E-state index >= 15 is 0 Å². The summed E-state index contributed by atoms with van der Waals surface area (Å²) in [6.07, 6.45) is 5.96. The Bertz CT molecular complexity index is 630. The smallest absolute Gasteiger partial charge is 0.288 e. The van der Waals surface area contributed by atoms with Crippen LogP contribution in [0.15, 0.2) is 23.3 Å². The minimum atomic E-state index is -0.512. The second-order valence-electron chi connectivity index (χ2n) is 5.54. The molecule has 0 aromatic heterocycles. The van der Waals surface area contributed by atoms with Crippen molar-refractivity contribution in [1.82, 2.24) is 10.7 Å². The zero-order valence-electron chi connectivity index (χ0n) is 12.8. The molecule has 23 heavy (non-hydrogen) atoms. The fraction of sp³-hybridized carbons (Fsp3) is 0.467. The molecular weight excluding hydrogens is 336 g/mol. The number of hydrazone groups is 1. The van der Waals surface area contributed by atoms with Crippen LogP contribution in [0, 0.1) is 10.1 Å². The fourth-order valence-electron chi connectivity index (χ4n) is 2.54. The maximum Gasteiger partial charge on any atom is 0.288 e. The van der Waals surface area contributed by atoms with Gasteiger partial charge in [-0.25, -0.2) is 0 Å². The SMILES string of the molecule is C/C(=N/NC(=S)NC1CCCCC1)c1ccc(Cl)c([N+](=O)[O-])c1. The van der Waals surface area contributed by atoms with Gasteiger partial charge in [-0.1, -0.05) is 36.9 Å². The van der Waals surface area contributed by atoms with Gasteiger partial charge in [0.25, 0.3) is 5.69 Å². The second-order valence-corrected chi connectivity index (χ2v) is 6.36. The average Bonchev–Trinajstić information content (AvgIpc) is 2.53. The summed E-state index contributed by atoms with van der Waals surface area (Å²) in [5, 5.41) is 18.9. The lowest BCUT2D eigenvalue weighted by atomic mass is 9.96. The third-order valence-corrected chi connectivity index (χ3v) is 4.35. The molecule has 0 amide bonds. The van der Waals surface area contributed by atoms with Crippen molar-refractivity contribution >= 4 is 40.3 Å². The first kappa shape index (κ1) is 17.6. The first-order chi connectivity index (χ1) is 11.0. The Morgan fingerprint density at radius 1 is 1.39 bits per heavy atom. The molecule has 6 nitrogen and oxygen atoms in total. The average molecular weight is 355 g/mol. The van der Waals surface area contributed by atoms with E-state index in [1.807, 2.05) is 0 Å². The molecule has 0 spiro atoms. The van der Waals surface area contributed by atoms with Gasteiger partial charge in [-0.05, 0) is 38.0 Å². The van der Waals surface area contributed by atoms with Gasteiger partial charge in [-0.2, -0.15) is 5.10 Å². The standard InChI is InChI=1S/C15H19ClN4O2S/c1-10(11-7-8-13(16)14(9-11)20(21)22)18-19-15(23)17-12-5-3-2-4-6-12/h7-9,12H,2-6H2,1H3,(H2,17,19,23)/b18-10-. The Morgan fingerprint density at radius 2 is 2.09 bits per heavy atom. The number of nitrogens with one attached hydrogen (secondary N) is 2. The fourth-order valence-corrected chi connectivity index (χ4v) is 2.94. The van der Waals surface area contributed by atoms with Gasteiger partial charge < -0.3 is 5.32 Å². The number of nitro groups is 1. The van der Waals surface area contributed by atoms with E-state index in [0.29, 0.717) is 22.4 Å². The first-order valence-electron chi connectivity index (χ1n) is 7.52. The van der Waals surface area contributed by atoms with Gasteiger partial charge in [0.15, 0.2) is 5.11 Å². The number of halogens is 1. The number of nitrogens with zero attached hydrogens (tertiary/aromatic N) is 2. The second kappa shape index (κ2) is 8.21. The number of thiocarbonyl (C=S) groups is 1. The third kappa shape index (κ3) is 5.14. The Hall–Kier alpha value is -1.73. The highest BCUT2D eigenvalue weighted by Crippen LogP contribution is 2.25. The van der Waals surface area contributed by atoms with Gasteiger partial charge in [-0.3, -0.25) is 15.5 Å². The molecule has 2 N–H and O–H groups in total. The van der Waals surface area contributed by atoms with Gasteiger partial charge >= 0.3 is 0 Å². The van der Waals surface area contributed by atoms with Crippen molar-refractivity contribution in [2.45, 2.75) is 45.1 Å². The Morgan fingerprint density at radius 3 is 2.74 bits per heavy atom. The van der Waals surface area contributed by atoms with Crippen LogP contribution in [0.1, 0.15) is 44.6 Å². The van der Waals surface area contributed by atoms with E-state index in [9.17, 15) is 10.1 Å². The summed E-state index contributed by atoms with van der Waals surface area (Å²) in [6, 6.07) is 4.98. The predicted molar refractivity (Wildman–Crippen MR) is 96.1 cm³/mol. The van der Waals surface area contributed by atoms with Crippen molar-refractivity contribution in [3.05, 3.63) is 38.9 Å². The highest BCUT2D eigenvalue weighted by atomic mass is 35.5. The van der Waals surface area contributed by atoms with Crippen LogP contribution >= 0.6 is 23.8 Å². The van der Waals surface area contributed by atoms with E-state index < -0.39 is 4.92 Å². The van der Waals surface area contributed by atoms with Crippen LogP contribution in [0.25, 0.3) is 0 Å². The Balaban J connectivity index is 1.97. The molecular formula is C15H19ClN4O2S. The molecule has 0 radical (unpaired) electrons. The quantitative estimate of drug-likeness (QED) is 0.372. The van der Waals surface area contributed by atoms with E-state index in [0.717, 1.165) is 12.8 Å². The summed E-state index contributed by atoms with van der Waals surface area (Å²) in [5.41, 5.74) is 3.87. The maximum absolute atomic E-state index is 10.9. The van der Waals surface area contributed by atoms with E-state index in [-0.39, 0.29) is 10.7 Å². The van der Waals surface area contributed by atoms with E-state index in [1.165, 1.54) is 31.4 Å². The highest BCUT2D eigenvalue weighted by Gasteiger charge is 2.15. The monoisotopic (exact) mass is 354 g/mol. The maximum atomic E-state index is 10.9. The summed E-state index contributed by atoms with van der Waals surface area (Å²) in [5.74, 6) is 0. The van der Waals surface area contributed by atoms with E-state index in [4.69, 9.17) is 23.8 Å². The number of rotatable bonds is 4. The van der Waals surface area contributed by atoms with Crippen molar-refractivity contribution < 1.29 is 4.92 Å². The molecule has 0 heterocycles. The topological polar surface area (TPSA) is 79.6 Å². The normalized spacial score (nSPS) is 16.0. The Labute approximate surface area is 145 Å². The summed E-state index contributed by atoms with van der Waals surface area (Å²) in [6.45, 7) is 1.75. The molecule has 1 aromatic carbocycles. The molecule has 124 valence electrons. The van der Waals surface area contributed by atoms with Gasteiger partial charge in [0.2, 0.25) is 0 Å². The number of nitro benzene ring substituents is 1. The lowest BCUT2D eigenvalue weighted by molar-refractivity contribution is -0.384. The van der Waals surface area contributed by atoms with Crippen molar-refractivity contribution in [1.29, 1.82) is 0 Å². The molecule has 1 fully saturated rings. The van der Waals surface area contributed by atoms with Gasteiger partial charge in [0, 0.05) is 17.7 Å². The van der Waals surface area contributed by atoms with Crippen LogP contribution < -0.4 is 10.7 Å². The predicted octanol–water partition coefficient (Wildman–Crippen LogP) is 3.77. The van der Waals surface area contributed by atoms with Crippen molar-refractivity contribution in [3.8, 4) is 0 Å². The summed E-state index contributed by atoms with van der Waals surface area (Å²) in [7, 11) is 0. The lowest BCUT2D eigenvalue weighted by Crippen LogP contribution is -2.41. The minimum absolute atomic E-state index is 0.106. The summed E-state index contributed by atoms with van der Waals surface area (Å²) in [4.78, 5) is 10.4. The van der Waals surface area contributed by atoms with Crippen LogP contribution in [0.2, 0.25) is 5.02 Å². The molecule has 1 aromatic rings. The molecule has 2 rings (SSSR count). The minimum Gasteiger partial charge on any atom is -0.359 e. The molecule has 0 aliphatic heterocycles. The molecule has 0 saturated heterocycles. The third-order valence-electron chi connectivity index (χ3n) is 3.83. The van der Waals surface area contributed by atoms with E-state index in [1.54, 1.807) is 13.0 Å². The van der Waals surface area contributed by atoms with Crippen molar-refractivity contribution in [2.24, 2.45) is 5.10 Å². The largest absolute Gasteiger partial charge is 0.359 e. The highest BCUT2D eigenvalue weighted by molar-refractivity contribution is 7.80.